The van der Waals surface area contributed by atoms with Crippen molar-refractivity contribution in [1.29, 1.82) is 0 Å². The first-order valence-electron chi connectivity index (χ1n) is 8.88. The van der Waals surface area contributed by atoms with Gasteiger partial charge in [0.15, 0.2) is 11.6 Å². The fraction of sp³-hybridized carbons (Fsp3) is 0.238. The molecule has 27 heavy (non-hydrogen) atoms. The molecule has 2 aromatic carbocycles. The Morgan fingerprint density at radius 1 is 1.15 bits per heavy atom. The summed E-state index contributed by atoms with van der Waals surface area (Å²) >= 11 is 0. The molecule has 0 saturated heterocycles. The zero-order chi connectivity index (χ0) is 19.0. The SMILES string of the molecule is COc1ccc(-n2nc(Nc3ccccc3F)c3c2C[C@@H](C)CC3=O)cc1. The van der Waals surface area contributed by atoms with Gasteiger partial charge in [-0.2, -0.15) is 0 Å². The van der Waals surface area contributed by atoms with Crippen molar-refractivity contribution in [1.82, 2.24) is 9.78 Å². The lowest BCUT2D eigenvalue weighted by atomic mass is 9.87. The first-order valence-corrected chi connectivity index (χ1v) is 8.88. The third-order valence-electron chi connectivity index (χ3n) is 4.78. The van der Waals surface area contributed by atoms with E-state index in [0.29, 0.717) is 23.5 Å². The summed E-state index contributed by atoms with van der Waals surface area (Å²) in [5, 5.41) is 7.62. The zero-order valence-corrected chi connectivity index (χ0v) is 15.2. The van der Waals surface area contributed by atoms with Crippen molar-refractivity contribution < 1.29 is 13.9 Å². The molecule has 5 nitrogen and oxygen atoms in total. The molecule has 0 aliphatic heterocycles. The Labute approximate surface area is 156 Å². The summed E-state index contributed by atoms with van der Waals surface area (Å²) in [6.07, 6.45) is 1.20. The van der Waals surface area contributed by atoms with Crippen LogP contribution in [0, 0.1) is 11.7 Å². The zero-order valence-electron chi connectivity index (χ0n) is 15.2. The maximum atomic E-state index is 14.1. The van der Waals surface area contributed by atoms with Gasteiger partial charge in [0.2, 0.25) is 0 Å². The first kappa shape index (κ1) is 17.3. The highest BCUT2D eigenvalue weighted by atomic mass is 19.1. The highest BCUT2D eigenvalue weighted by Gasteiger charge is 2.31. The Morgan fingerprint density at radius 2 is 1.89 bits per heavy atom. The molecule has 1 atom stereocenters. The lowest BCUT2D eigenvalue weighted by Crippen LogP contribution is -2.19. The van der Waals surface area contributed by atoms with Crippen molar-refractivity contribution in [3.05, 3.63) is 65.6 Å². The van der Waals surface area contributed by atoms with E-state index in [1.807, 2.05) is 24.3 Å². The summed E-state index contributed by atoms with van der Waals surface area (Å²) < 4.78 is 21.1. The van der Waals surface area contributed by atoms with E-state index in [-0.39, 0.29) is 17.5 Å². The fourth-order valence-corrected chi connectivity index (χ4v) is 3.47. The minimum atomic E-state index is -0.387. The van der Waals surface area contributed by atoms with Crippen molar-refractivity contribution in [2.24, 2.45) is 5.92 Å². The van der Waals surface area contributed by atoms with Crippen LogP contribution in [0.2, 0.25) is 0 Å². The summed E-state index contributed by atoms with van der Waals surface area (Å²) in [5.74, 6) is 1.01. The molecule has 1 aliphatic carbocycles. The topological polar surface area (TPSA) is 56.1 Å². The van der Waals surface area contributed by atoms with Gasteiger partial charge in [0.05, 0.1) is 29.7 Å². The molecule has 3 aromatic rings. The van der Waals surface area contributed by atoms with Gasteiger partial charge >= 0.3 is 0 Å². The molecule has 4 rings (SSSR count). The summed E-state index contributed by atoms with van der Waals surface area (Å²) in [6.45, 7) is 2.05. The van der Waals surface area contributed by atoms with Crippen molar-refractivity contribution in [2.45, 2.75) is 19.8 Å². The molecule has 138 valence electrons. The molecule has 1 heterocycles. The number of para-hydroxylation sites is 1. The van der Waals surface area contributed by atoms with Gasteiger partial charge in [-0.15, -0.1) is 5.10 Å². The van der Waals surface area contributed by atoms with Crippen molar-refractivity contribution >= 4 is 17.3 Å². The van der Waals surface area contributed by atoms with Crippen LogP contribution < -0.4 is 10.1 Å². The maximum Gasteiger partial charge on any atom is 0.168 e. The van der Waals surface area contributed by atoms with Gasteiger partial charge in [0.25, 0.3) is 0 Å². The first-order chi connectivity index (χ1) is 13.1. The maximum absolute atomic E-state index is 14.1. The predicted molar refractivity (Wildman–Crippen MR) is 102 cm³/mol. The molecule has 0 amide bonds. The van der Waals surface area contributed by atoms with Gasteiger partial charge < -0.3 is 10.1 Å². The summed E-state index contributed by atoms with van der Waals surface area (Å²) in [4.78, 5) is 12.7. The van der Waals surface area contributed by atoms with Crippen LogP contribution in [0.5, 0.6) is 5.75 Å². The second-order valence-electron chi connectivity index (χ2n) is 6.82. The number of benzene rings is 2. The number of carbonyl (C=O) groups is 1. The molecule has 0 spiro atoms. The number of carbonyl (C=O) groups excluding carboxylic acids is 1. The molecule has 0 bridgehead atoms. The van der Waals surface area contributed by atoms with Gasteiger partial charge in [-0.05, 0) is 48.7 Å². The Kier molecular flexibility index (Phi) is 4.39. The van der Waals surface area contributed by atoms with E-state index in [2.05, 4.69) is 17.3 Å². The molecule has 1 aromatic heterocycles. The van der Waals surface area contributed by atoms with E-state index < -0.39 is 0 Å². The molecule has 0 unspecified atom stereocenters. The van der Waals surface area contributed by atoms with E-state index in [1.54, 1.807) is 30.0 Å². The second kappa shape index (κ2) is 6.87. The number of anilines is 2. The molecular formula is C21H20FN3O2. The number of halogens is 1. The van der Waals surface area contributed by atoms with E-state index in [9.17, 15) is 9.18 Å². The third-order valence-corrected chi connectivity index (χ3v) is 4.78. The van der Waals surface area contributed by atoms with Crippen LogP contribution in [0.1, 0.15) is 29.4 Å². The van der Waals surface area contributed by atoms with Crippen LogP contribution in [0.15, 0.2) is 48.5 Å². The average Bonchev–Trinajstić information content (AvgIpc) is 3.02. The quantitative estimate of drug-likeness (QED) is 0.738. The number of ether oxygens (including phenoxy) is 1. The van der Waals surface area contributed by atoms with Gasteiger partial charge in [-0.3, -0.25) is 4.79 Å². The van der Waals surface area contributed by atoms with Gasteiger partial charge in [0.1, 0.15) is 11.6 Å². The number of nitrogens with zero attached hydrogens (tertiary/aromatic N) is 2. The number of Topliss-reactive ketones (excluding diaryl/α,β-unsaturated/α-hetero) is 1. The number of ketones is 1. The largest absolute Gasteiger partial charge is 0.497 e. The number of hydrogen-bond donors (Lipinski definition) is 1. The summed E-state index contributed by atoms with van der Waals surface area (Å²) in [6, 6.07) is 13.8. The lowest BCUT2D eigenvalue weighted by molar-refractivity contribution is 0.0953. The smallest absolute Gasteiger partial charge is 0.168 e. The average molecular weight is 365 g/mol. The molecule has 0 radical (unpaired) electrons. The molecule has 0 saturated carbocycles. The third kappa shape index (κ3) is 3.18. The van der Waals surface area contributed by atoms with Gasteiger partial charge in [0, 0.05) is 6.42 Å². The number of hydrogen-bond acceptors (Lipinski definition) is 4. The van der Waals surface area contributed by atoms with Crippen LogP contribution >= 0.6 is 0 Å². The standard InChI is InChI=1S/C21H20FN3O2/c1-13-11-18-20(19(26)12-13)21(23-17-6-4-3-5-16(17)22)24-25(18)14-7-9-15(27-2)10-8-14/h3-10,13H,11-12H2,1-2H3,(H,23,24)/t13-/m1/s1. The Morgan fingerprint density at radius 3 is 2.59 bits per heavy atom. The molecule has 0 fully saturated rings. The number of nitrogens with one attached hydrogen (secondary N) is 1. The van der Waals surface area contributed by atoms with Gasteiger partial charge in [-0.1, -0.05) is 19.1 Å². The Balaban J connectivity index is 1.82. The van der Waals surface area contributed by atoms with Crippen LogP contribution in [0.4, 0.5) is 15.9 Å². The Hall–Kier alpha value is -3.15. The van der Waals surface area contributed by atoms with Crippen molar-refractivity contribution in [3.63, 3.8) is 0 Å². The van der Waals surface area contributed by atoms with E-state index >= 15 is 0 Å². The van der Waals surface area contributed by atoms with Gasteiger partial charge in [-0.25, -0.2) is 9.07 Å². The second-order valence-corrected chi connectivity index (χ2v) is 6.82. The van der Waals surface area contributed by atoms with Crippen LogP contribution in [0.3, 0.4) is 0 Å². The monoisotopic (exact) mass is 365 g/mol. The molecule has 6 heteroatoms. The van der Waals surface area contributed by atoms with Crippen molar-refractivity contribution in [3.8, 4) is 11.4 Å². The fourth-order valence-electron chi connectivity index (χ4n) is 3.47. The van der Waals surface area contributed by atoms with E-state index in [1.165, 1.54) is 6.07 Å². The molecule has 1 N–H and O–H groups in total. The number of methoxy groups -OCH3 is 1. The summed E-state index contributed by atoms with van der Waals surface area (Å²) in [7, 11) is 1.61. The number of fused-ring (bicyclic) bond motifs is 1. The lowest BCUT2D eigenvalue weighted by Gasteiger charge is -2.19. The predicted octanol–water partition coefficient (Wildman–Crippen LogP) is 4.53. The number of aromatic nitrogens is 2. The van der Waals surface area contributed by atoms with Crippen molar-refractivity contribution in [2.75, 3.05) is 12.4 Å². The minimum absolute atomic E-state index is 0.0300. The minimum Gasteiger partial charge on any atom is -0.497 e. The normalized spacial score (nSPS) is 16.1. The highest BCUT2D eigenvalue weighted by molar-refractivity contribution is 6.03. The number of rotatable bonds is 4. The van der Waals surface area contributed by atoms with E-state index in [4.69, 9.17) is 4.74 Å². The van der Waals surface area contributed by atoms with Crippen LogP contribution in [-0.2, 0) is 6.42 Å². The van der Waals surface area contributed by atoms with Crippen LogP contribution in [0.25, 0.3) is 5.69 Å². The molecular weight excluding hydrogens is 345 g/mol. The highest BCUT2D eigenvalue weighted by Crippen LogP contribution is 2.34. The van der Waals surface area contributed by atoms with Crippen LogP contribution in [-0.4, -0.2) is 22.7 Å². The Bertz CT molecular complexity index is 995. The van der Waals surface area contributed by atoms with E-state index in [0.717, 1.165) is 23.6 Å². The summed E-state index contributed by atoms with van der Waals surface area (Å²) in [5.41, 5.74) is 2.52. The molecule has 1 aliphatic rings.